The maximum Gasteiger partial charge on any atom is 0.321 e. The average molecular weight is 468 g/mol. The maximum absolute atomic E-state index is 12.8. The predicted octanol–water partition coefficient (Wildman–Crippen LogP) is 6.26. The maximum atomic E-state index is 12.8. The van der Waals surface area contributed by atoms with Crippen LogP contribution in [0.15, 0.2) is 66.0 Å². The van der Waals surface area contributed by atoms with Gasteiger partial charge in [0.25, 0.3) is 0 Å². The molecule has 0 saturated carbocycles. The summed E-state index contributed by atoms with van der Waals surface area (Å²) in [6, 6.07) is 19.7. The van der Waals surface area contributed by atoms with Crippen molar-refractivity contribution >= 4 is 40.3 Å². The van der Waals surface area contributed by atoms with Crippen LogP contribution in [0.25, 0.3) is 0 Å². The molecule has 2 aliphatic rings. The zero-order valence-corrected chi connectivity index (χ0v) is 19.4. The standard InChI is InChI=1S/C25H26ClN3O2S/c26-19-7-9-20(10-8-19)27-24(30)28-14-11-25(12-15-28)13-16-29(18-21-4-3-17-32-21)22-5-1-2-6-23(22)31-25/h1-10,17H,11-16,18H2,(H,27,30). The number of rotatable bonds is 3. The van der Waals surface area contributed by atoms with E-state index in [2.05, 4.69) is 45.9 Å². The van der Waals surface area contributed by atoms with E-state index in [1.54, 1.807) is 23.5 Å². The van der Waals surface area contributed by atoms with Crippen LogP contribution in [0.3, 0.4) is 0 Å². The van der Waals surface area contributed by atoms with Gasteiger partial charge in [-0.1, -0.05) is 29.8 Å². The molecule has 5 nitrogen and oxygen atoms in total. The number of carbonyl (C=O) groups is 1. The summed E-state index contributed by atoms with van der Waals surface area (Å²) in [4.78, 5) is 18.4. The van der Waals surface area contributed by atoms with Gasteiger partial charge in [-0.25, -0.2) is 4.79 Å². The second kappa shape index (κ2) is 9.04. The van der Waals surface area contributed by atoms with E-state index in [4.69, 9.17) is 16.3 Å². The fourth-order valence-corrected chi connectivity index (χ4v) is 5.35. The number of para-hydroxylation sites is 2. The smallest absolute Gasteiger partial charge is 0.321 e. The zero-order chi connectivity index (χ0) is 22.0. The summed E-state index contributed by atoms with van der Waals surface area (Å²) < 4.78 is 6.68. The third-order valence-electron chi connectivity index (χ3n) is 6.35. The Kier molecular flexibility index (Phi) is 5.98. The second-order valence-corrected chi connectivity index (χ2v) is 9.90. The minimum absolute atomic E-state index is 0.0736. The largest absolute Gasteiger partial charge is 0.485 e. The van der Waals surface area contributed by atoms with E-state index in [0.717, 1.165) is 49.5 Å². The van der Waals surface area contributed by atoms with Gasteiger partial charge in [0.2, 0.25) is 0 Å². The molecule has 7 heteroatoms. The lowest BCUT2D eigenvalue weighted by Gasteiger charge is -2.41. The van der Waals surface area contributed by atoms with Gasteiger partial charge in [-0.15, -0.1) is 11.3 Å². The first kappa shape index (κ1) is 21.2. The number of halogens is 1. The number of likely N-dealkylation sites (tertiary alicyclic amines) is 1. The van der Waals surface area contributed by atoms with E-state index in [-0.39, 0.29) is 11.6 Å². The number of carbonyl (C=O) groups excluding carboxylic acids is 1. The SMILES string of the molecule is O=C(Nc1ccc(Cl)cc1)N1CCC2(CC1)CCN(Cc1cccs1)c1ccccc1O2. The molecule has 166 valence electrons. The molecule has 1 spiro atoms. The lowest BCUT2D eigenvalue weighted by atomic mass is 9.88. The summed E-state index contributed by atoms with van der Waals surface area (Å²) in [5, 5.41) is 5.75. The number of fused-ring (bicyclic) bond motifs is 1. The van der Waals surface area contributed by atoms with Gasteiger partial charge < -0.3 is 19.9 Å². The zero-order valence-electron chi connectivity index (χ0n) is 17.8. The second-order valence-electron chi connectivity index (χ2n) is 8.43. The van der Waals surface area contributed by atoms with E-state index in [9.17, 15) is 4.79 Å². The highest BCUT2D eigenvalue weighted by molar-refractivity contribution is 7.09. The molecule has 0 unspecified atom stereocenters. The molecular formula is C25H26ClN3O2S. The summed E-state index contributed by atoms with van der Waals surface area (Å²) in [5.74, 6) is 0.945. The molecule has 32 heavy (non-hydrogen) atoms. The van der Waals surface area contributed by atoms with Gasteiger partial charge in [0.05, 0.1) is 12.2 Å². The Bertz CT molecular complexity index is 1060. The van der Waals surface area contributed by atoms with Crippen molar-refractivity contribution in [1.29, 1.82) is 0 Å². The molecule has 0 radical (unpaired) electrons. The number of hydrogen-bond donors (Lipinski definition) is 1. The van der Waals surface area contributed by atoms with Gasteiger partial charge in [0.1, 0.15) is 11.4 Å². The molecule has 1 N–H and O–H groups in total. The number of thiophene rings is 1. The number of anilines is 2. The summed E-state index contributed by atoms with van der Waals surface area (Å²) in [7, 11) is 0. The minimum atomic E-state index is -0.239. The van der Waals surface area contributed by atoms with Crippen molar-refractivity contribution < 1.29 is 9.53 Å². The minimum Gasteiger partial charge on any atom is -0.485 e. The molecule has 1 saturated heterocycles. The van der Waals surface area contributed by atoms with Crippen molar-refractivity contribution in [2.24, 2.45) is 0 Å². The monoisotopic (exact) mass is 467 g/mol. The van der Waals surface area contributed by atoms with Gasteiger partial charge in [-0.2, -0.15) is 0 Å². The Morgan fingerprint density at radius 2 is 1.75 bits per heavy atom. The molecule has 2 aromatic carbocycles. The molecule has 2 amide bonds. The van der Waals surface area contributed by atoms with E-state index < -0.39 is 0 Å². The van der Waals surface area contributed by atoms with Crippen LogP contribution in [0, 0.1) is 0 Å². The van der Waals surface area contributed by atoms with Crippen LogP contribution >= 0.6 is 22.9 Å². The van der Waals surface area contributed by atoms with Gasteiger partial charge >= 0.3 is 6.03 Å². The number of nitrogens with zero attached hydrogens (tertiary/aromatic N) is 2. The fraction of sp³-hybridized carbons (Fsp3) is 0.320. The van der Waals surface area contributed by atoms with E-state index >= 15 is 0 Å². The quantitative estimate of drug-likeness (QED) is 0.494. The van der Waals surface area contributed by atoms with Crippen LogP contribution in [0.1, 0.15) is 24.1 Å². The Hall–Kier alpha value is -2.70. The highest BCUT2D eigenvalue weighted by Gasteiger charge is 2.40. The molecule has 5 rings (SSSR count). The van der Waals surface area contributed by atoms with E-state index in [1.807, 2.05) is 23.1 Å². The van der Waals surface area contributed by atoms with Crippen molar-refractivity contribution in [1.82, 2.24) is 4.90 Å². The first-order chi connectivity index (χ1) is 15.6. The molecular weight excluding hydrogens is 442 g/mol. The summed E-state index contributed by atoms with van der Waals surface area (Å²) in [5.41, 5.74) is 1.67. The Morgan fingerprint density at radius 3 is 2.50 bits per heavy atom. The van der Waals surface area contributed by atoms with Crippen LogP contribution in [-0.2, 0) is 6.54 Å². The number of ether oxygens (including phenoxy) is 1. The fourth-order valence-electron chi connectivity index (χ4n) is 4.51. The van der Waals surface area contributed by atoms with Crippen LogP contribution in [0.4, 0.5) is 16.2 Å². The van der Waals surface area contributed by atoms with E-state index in [1.165, 1.54) is 4.88 Å². The molecule has 0 atom stereocenters. The summed E-state index contributed by atoms with van der Waals surface area (Å²) in [6.45, 7) is 3.18. The average Bonchev–Trinajstić information content (AvgIpc) is 3.27. The first-order valence-corrected chi connectivity index (χ1v) is 12.2. The number of piperidine rings is 1. The molecule has 0 aliphatic carbocycles. The van der Waals surface area contributed by atoms with E-state index in [0.29, 0.717) is 18.1 Å². The number of urea groups is 1. The van der Waals surface area contributed by atoms with Crippen molar-refractivity contribution in [3.63, 3.8) is 0 Å². The van der Waals surface area contributed by atoms with Crippen LogP contribution in [-0.4, -0.2) is 36.2 Å². The first-order valence-electron chi connectivity index (χ1n) is 11.0. The molecule has 2 aliphatic heterocycles. The number of nitrogens with one attached hydrogen (secondary N) is 1. The van der Waals surface area contributed by atoms with Gasteiger partial charge in [-0.3, -0.25) is 0 Å². The topological polar surface area (TPSA) is 44.8 Å². The summed E-state index contributed by atoms with van der Waals surface area (Å²) >= 11 is 7.73. The lowest BCUT2D eigenvalue weighted by Crippen LogP contribution is -2.51. The lowest BCUT2D eigenvalue weighted by molar-refractivity contribution is 0.0110. The highest BCUT2D eigenvalue weighted by atomic mass is 35.5. The molecule has 0 bridgehead atoms. The molecule has 1 fully saturated rings. The molecule has 1 aromatic heterocycles. The highest BCUT2D eigenvalue weighted by Crippen LogP contribution is 2.41. The van der Waals surface area contributed by atoms with Gasteiger partial charge in [-0.05, 0) is 47.8 Å². The van der Waals surface area contributed by atoms with Gasteiger partial charge in [0.15, 0.2) is 0 Å². The molecule has 3 heterocycles. The van der Waals surface area contributed by atoms with Crippen LogP contribution in [0.2, 0.25) is 5.02 Å². The van der Waals surface area contributed by atoms with Gasteiger partial charge in [0, 0.05) is 54.5 Å². The summed E-state index contributed by atoms with van der Waals surface area (Å²) in [6.07, 6.45) is 2.59. The van der Waals surface area contributed by atoms with Crippen LogP contribution < -0.4 is 15.0 Å². The van der Waals surface area contributed by atoms with Crippen LogP contribution in [0.5, 0.6) is 5.75 Å². The molecule has 3 aromatic rings. The number of amides is 2. The number of hydrogen-bond acceptors (Lipinski definition) is 4. The van der Waals surface area contributed by atoms with Crippen molar-refractivity contribution in [2.75, 3.05) is 29.9 Å². The third kappa shape index (κ3) is 4.57. The Labute approximate surface area is 197 Å². The van der Waals surface area contributed by atoms with Crippen molar-refractivity contribution in [2.45, 2.75) is 31.4 Å². The Morgan fingerprint density at radius 1 is 1.00 bits per heavy atom. The van der Waals surface area contributed by atoms with Crippen molar-refractivity contribution in [3.8, 4) is 5.75 Å². The number of benzene rings is 2. The third-order valence-corrected chi connectivity index (χ3v) is 7.47. The predicted molar refractivity (Wildman–Crippen MR) is 131 cm³/mol. The Balaban J connectivity index is 1.26. The normalized spacial score (nSPS) is 17.4. The van der Waals surface area contributed by atoms with Crippen molar-refractivity contribution in [3.05, 3.63) is 75.9 Å².